The maximum Gasteiger partial charge on any atom is 0.410 e. The van der Waals surface area contributed by atoms with Gasteiger partial charge < -0.3 is 15.2 Å². The van der Waals surface area contributed by atoms with Crippen LogP contribution in [0.5, 0.6) is 0 Å². The Labute approximate surface area is 111 Å². The van der Waals surface area contributed by atoms with Crippen molar-refractivity contribution < 1.29 is 24.2 Å². The molecule has 19 heavy (non-hydrogen) atoms. The smallest absolute Gasteiger partial charge is 0.410 e. The van der Waals surface area contributed by atoms with Gasteiger partial charge in [0.05, 0.1) is 6.61 Å². The zero-order valence-corrected chi connectivity index (χ0v) is 11.1. The summed E-state index contributed by atoms with van der Waals surface area (Å²) in [5.41, 5.74) is 0. The van der Waals surface area contributed by atoms with Gasteiger partial charge in [0.25, 0.3) is 0 Å². The van der Waals surface area contributed by atoms with Crippen molar-refractivity contribution >= 4 is 18.0 Å². The van der Waals surface area contributed by atoms with E-state index < -0.39 is 30.6 Å². The van der Waals surface area contributed by atoms with Crippen molar-refractivity contribution in [3.63, 3.8) is 0 Å². The molecule has 0 aromatic heterocycles. The molecular weight excluding hydrogens is 252 g/mol. The van der Waals surface area contributed by atoms with Gasteiger partial charge in [-0.15, -0.1) is 0 Å². The van der Waals surface area contributed by atoms with Crippen molar-refractivity contribution in [1.29, 1.82) is 0 Å². The fraction of sp³-hybridized carbons (Fsp3) is 0.750. The highest BCUT2D eigenvalue weighted by atomic mass is 16.6. The lowest BCUT2D eigenvalue weighted by molar-refractivity contribution is -0.138. The molecule has 0 aliphatic carbocycles. The van der Waals surface area contributed by atoms with Crippen LogP contribution in [0.4, 0.5) is 4.79 Å². The quantitative estimate of drug-likeness (QED) is 0.690. The van der Waals surface area contributed by atoms with E-state index in [9.17, 15) is 14.4 Å². The minimum Gasteiger partial charge on any atom is -0.480 e. The SMILES string of the molecule is CCCCOC(=O)N1CCC[C@H]1C(=O)NCC(=O)O. The molecule has 1 atom stereocenters. The van der Waals surface area contributed by atoms with Gasteiger partial charge in [0.15, 0.2) is 0 Å². The van der Waals surface area contributed by atoms with Gasteiger partial charge >= 0.3 is 12.1 Å². The standard InChI is InChI=1S/C12H20N2O5/c1-2-3-7-19-12(18)14-6-4-5-9(14)11(17)13-8-10(15)16/h9H,2-8H2,1H3,(H,13,17)(H,15,16)/t9-/m0/s1. The van der Waals surface area contributed by atoms with Crippen LogP contribution in [0.25, 0.3) is 0 Å². The van der Waals surface area contributed by atoms with Gasteiger partial charge in [-0.3, -0.25) is 14.5 Å². The number of carboxylic acid groups (broad SMARTS) is 1. The average molecular weight is 272 g/mol. The Morgan fingerprint density at radius 1 is 1.42 bits per heavy atom. The minimum atomic E-state index is -1.11. The molecule has 1 aliphatic heterocycles. The molecule has 0 spiro atoms. The molecule has 0 unspecified atom stereocenters. The first-order valence-corrected chi connectivity index (χ1v) is 6.49. The van der Waals surface area contributed by atoms with Crippen LogP contribution in [0.2, 0.25) is 0 Å². The van der Waals surface area contributed by atoms with Crippen molar-refractivity contribution in [1.82, 2.24) is 10.2 Å². The van der Waals surface area contributed by atoms with Crippen molar-refractivity contribution in [3.8, 4) is 0 Å². The predicted octanol–water partition coefficient (Wildman–Crippen LogP) is 0.588. The Hall–Kier alpha value is -1.79. The van der Waals surface area contributed by atoms with E-state index in [1.54, 1.807) is 0 Å². The summed E-state index contributed by atoms with van der Waals surface area (Å²) in [7, 11) is 0. The third-order valence-corrected chi connectivity index (χ3v) is 2.93. The summed E-state index contributed by atoms with van der Waals surface area (Å²) in [4.78, 5) is 35.3. The molecule has 2 amide bonds. The summed E-state index contributed by atoms with van der Waals surface area (Å²) in [5.74, 6) is -1.55. The lowest BCUT2D eigenvalue weighted by atomic mass is 10.2. The van der Waals surface area contributed by atoms with Crippen LogP contribution in [-0.2, 0) is 14.3 Å². The third-order valence-electron chi connectivity index (χ3n) is 2.93. The van der Waals surface area contributed by atoms with Crippen LogP contribution in [0, 0.1) is 0 Å². The van der Waals surface area contributed by atoms with E-state index >= 15 is 0 Å². The van der Waals surface area contributed by atoms with Gasteiger partial charge in [-0.1, -0.05) is 13.3 Å². The van der Waals surface area contributed by atoms with Gasteiger partial charge in [0, 0.05) is 6.54 Å². The summed E-state index contributed by atoms with van der Waals surface area (Å²) in [6.45, 7) is 2.37. The molecule has 0 aromatic carbocycles. The molecule has 7 heteroatoms. The van der Waals surface area contributed by atoms with Crippen LogP contribution in [-0.4, -0.2) is 53.7 Å². The number of ether oxygens (including phenoxy) is 1. The highest BCUT2D eigenvalue weighted by molar-refractivity contribution is 5.88. The lowest BCUT2D eigenvalue weighted by Crippen LogP contribution is -2.47. The number of rotatable bonds is 6. The topological polar surface area (TPSA) is 95.9 Å². The zero-order valence-electron chi connectivity index (χ0n) is 11.1. The molecule has 2 N–H and O–H groups in total. The second-order valence-corrected chi connectivity index (χ2v) is 4.43. The monoisotopic (exact) mass is 272 g/mol. The Morgan fingerprint density at radius 3 is 2.79 bits per heavy atom. The molecule has 0 aromatic rings. The molecule has 108 valence electrons. The van der Waals surface area contributed by atoms with Crippen LogP contribution in [0.3, 0.4) is 0 Å². The van der Waals surface area contributed by atoms with Crippen LogP contribution < -0.4 is 5.32 Å². The fourth-order valence-electron chi connectivity index (χ4n) is 1.93. The Kier molecular flexibility index (Phi) is 6.11. The zero-order chi connectivity index (χ0) is 14.3. The van der Waals surface area contributed by atoms with Crippen molar-refractivity contribution in [3.05, 3.63) is 0 Å². The maximum absolute atomic E-state index is 11.8. The average Bonchev–Trinajstić information content (AvgIpc) is 2.85. The van der Waals surface area contributed by atoms with Gasteiger partial charge in [-0.25, -0.2) is 4.79 Å². The number of hydrogen-bond acceptors (Lipinski definition) is 4. The number of nitrogens with zero attached hydrogens (tertiary/aromatic N) is 1. The number of hydrogen-bond donors (Lipinski definition) is 2. The molecule has 0 bridgehead atoms. The van der Waals surface area contributed by atoms with Gasteiger partial charge in [-0.05, 0) is 19.3 Å². The second kappa shape index (κ2) is 7.60. The third kappa shape index (κ3) is 4.76. The Bertz CT molecular complexity index is 345. The molecule has 1 fully saturated rings. The van der Waals surface area contributed by atoms with E-state index in [2.05, 4.69) is 5.32 Å². The highest BCUT2D eigenvalue weighted by Crippen LogP contribution is 2.18. The molecule has 7 nitrogen and oxygen atoms in total. The van der Waals surface area contributed by atoms with E-state index in [1.807, 2.05) is 6.92 Å². The molecule has 0 saturated carbocycles. The second-order valence-electron chi connectivity index (χ2n) is 4.43. The Balaban J connectivity index is 2.46. The molecular formula is C12H20N2O5. The lowest BCUT2D eigenvalue weighted by Gasteiger charge is -2.22. The summed E-state index contributed by atoms with van der Waals surface area (Å²) in [5, 5.41) is 10.8. The number of unbranched alkanes of at least 4 members (excludes halogenated alkanes) is 1. The number of likely N-dealkylation sites (tertiary alicyclic amines) is 1. The fourth-order valence-corrected chi connectivity index (χ4v) is 1.93. The number of carbonyl (C=O) groups is 3. The molecule has 1 aliphatic rings. The minimum absolute atomic E-state index is 0.343. The van der Waals surface area contributed by atoms with Gasteiger partial charge in [0.2, 0.25) is 5.91 Å². The summed E-state index contributed by atoms with van der Waals surface area (Å²) >= 11 is 0. The normalized spacial score (nSPS) is 18.2. The number of nitrogens with one attached hydrogen (secondary N) is 1. The summed E-state index contributed by atoms with van der Waals surface area (Å²) in [6.07, 6.45) is 2.47. The number of carbonyl (C=O) groups excluding carboxylic acids is 2. The number of aliphatic carboxylic acids is 1. The first kappa shape index (κ1) is 15.3. The largest absolute Gasteiger partial charge is 0.480 e. The van der Waals surface area contributed by atoms with Crippen molar-refractivity contribution in [2.45, 2.75) is 38.6 Å². The highest BCUT2D eigenvalue weighted by Gasteiger charge is 2.35. The molecule has 1 rings (SSSR count). The van der Waals surface area contributed by atoms with Gasteiger partial charge in [0.1, 0.15) is 12.6 Å². The van der Waals surface area contributed by atoms with Crippen molar-refractivity contribution in [2.75, 3.05) is 19.7 Å². The molecule has 1 saturated heterocycles. The maximum atomic E-state index is 11.8. The van der Waals surface area contributed by atoms with E-state index in [1.165, 1.54) is 4.90 Å². The van der Waals surface area contributed by atoms with Gasteiger partial charge in [-0.2, -0.15) is 0 Å². The first-order chi connectivity index (χ1) is 9.06. The van der Waals surface area contributed by atoms with E-state index in [0.717, 1.165) is 12.8 Å². The van der Waals surface area contributed by atoms with E-state index in [-0.39, 0.29) is 0 Å². The van der Waals surface area contributed by atoms with Crippen LogP contribution in [0.15, 0.2) is 0 Å². The van der Waals surface area contributed by atoms with Crippen molar-refractivity contribution in [2.24, 2.45) is 0 Å². The van der Waals surface area contributed by atoms with E-state index in [4.69, 9.17) is 9.84 Å². The van der Waals surface area contributed by atoms with Crippen LogP contribution in [0.1, 0.15) is 32.6 Å². The number of amides is 2. The summed E-state index contributed by atoms with van der Waals surface area (Å²) < 4.78 is 5.06. The van der Waals surface area contributed by atoms with E-state index in [0.29, 0.717) is 26.0 Å². The number of carboxylic acids is 1. The first-order valence-electron chi connectivity index (χ1n) is 6.49. The van der Waals surface area contributed by atoms with Crippen LogP contribution >= 0.6 is 0 Å². The molecule has 0 radical (unpaired) electrons. The Morgan fingerprint density at radius 2 is 2.16 bits per heavy atom. The molecule has 1 heterocycles. The predicted molar refractivity (Wildman–Crippen MR) is 66.6 cm³/mol. The summed E-state index contributed by atoms with van der Waals surface area (Å²) in [6, 6.07) is -0.617.